The number of rotatable bonds is 9. The molecule has 1 amide bonds. The maximum Gasteiger partial charge on any atom is 0.247 e. The van der Waals surface area contributed by atoms with Crippen LogP contribution in [0.3, 0.4) is 0 Å². The van der Waals surface area contributed by atoms with E-state index in [9.17, 15) is 13.2 Å². The van der Waals surface area contributed by atoms with Crippen LogP contribution in [0.5, 0.6) is 0 Å². The third-order valence-corrected chi connectivity index (χ3v) is 10.1. The van der Waals surface area contributed by atoms with Crippen LogP contribution >= 0.6 is 11.3 Å². The molecule has 0 aliphatic carbocycles. The number of aromatic nitrogens is 1. The Kier molecular flexibility index (Phi) is 8.14. The molecule has 0 radical (unpaired) electrons. The first-order valence-electron chi connectivity index (χ1n) is 12.7. The number of thiazole rings is 1. The van der Waals surface area contributed by atoms with Crippen molar-refractivity contribution < 1.29 is 13.2 Å². The van der Waals surface area contributed by atoms with E-state index in [1.807, 2.05) is 19.9 Å². The molecular formula is C27H36N4O3S2. The number of hydrogen-bond acceptors (Lipinski definition) is 6. The molecule has 9 heteroatoms. The Balaban J connectivity index is 1.69. The van der Waals surface area contributed by atoms with E-state index < -0.39 is 16.1 Å². The maximum atomic E-state index is 14.1. The molecule has 2 aromatic carbocycles. The zero-order chi connectivity index (χ0) is 26.0. The minimum Gasteiger partial charge on any atom is -0.302 e. The summed E-state index contributed by atoms with van der Waals surface area (Å²) in [5.74, 6) is -0.191. The summed E-state index contributed by atoms with van der Waals surface area (Å²) in [6.07, 6.45) is 1.16. The number of benzene rings is 2. The summed E-state index contributed by atoms with van der Waals surface area (Å²) in [5.41, 5.74) is 4.13. The highest BCUT2D eigenvalue weighted by molar-refractivity contribution is 7.89. The first kappa shape index (κ1) is 26.7. The third kappa shape index (κ3) is 5.34. The smallest absolute Gasteiger partial charge is 0.247 e. The number of hydrogen-bond donors (Lipinski definition) is 0. The molecule has 1 fully saturated rings. The van der Waals surface area contributed by atoms with Crippen LogP contribution in [0.25, 0.3) is 10.2 Å². The zero-order valence-corrected chi connectivity index (χ0v) is 23.5. The van der Waals surface area contributed by atoms with Gasteiger partial charge in [-0.15, -0.1) is 0 Å². The van der Waals surface area contributed by atoms with Gasteiger partial charge >= 0.3 is 0 Å². The summed E-state index contributed by atoms with van der Waals surface area (Å²) in [5, 5.41) is 0.635. The molecule has 36 heavy (non-hydrogen) atoms. The molecule has 7 nitrogen and oxygen atoms in total. The van der Waals surface area contributed by atoms with E-state index in [0.717, 1.165) is 40.0 Å². The molecule has 0 saturated carbocycles. The highest BCUT2D eigenvalue weighted by Crippen LogP contribution is 2.34. The Morgan fingerprint density at radius 3 is 2.42 bits per heavy atom. The van der Waals surface area contributed by atoms with Crippen LogP contribution in [-0.2, 0) is 14.8 Å². The first-order valence-corrected chi connectivity index (χ1v) is 14.9. The fourth-order valence-electron chi connectivity index (χ4n) is 4.86. The largest absolute Gasteiger partial charge is 0.302 e. The number of anilines is 1. The van der Waals surface area contributed by atoms with E-state index in [4.69, 9.17) is 4.98 Å². The van der Waals surface area contributed by atoms with Gasteiger partial charge in [0, 0.05) is 19.6 Å². The van der Waals surface area contributed by atoms with Gasteiger partial charge in [0.1, 0.15) is 6.04 Å². The van der Waals surface area contributed by atoms with Gasteiger partial charge in [-0.1, -0.05) is 48.9 Å². The molecule has 4 rings (SSSR count). The minimum atomic E-state index is -3.78. The van der Waals surface area contributed by atoms with Crippen molar-refractivity contribution in [3.05, 3.63) is 53.1 Å². The number of fused-ring (bicyclic) bond motifs is 1. The van der Waals surface area contributed by atoms with Crippen LogP contribution < -0.4 is 4.90 Å². The number of carbonyl (C=O) groups excluding carboxylic acids is 1. The standard InChI is InChI=1S/C27H36N4O3S2/c1-6-29(7-2)15-16-30(27-28-23-18-20(4)17-21(5)25(23)35-27)26(32)24-9-8-14-31(24)36(33,34)22-12-10-19(3)11-13-22/h10-13,17-18,24H,6-9,14-16H2,1-5H3. The average Bonchev–Trinajstić information content (AvgIpc) is 3.50. The van der Waals surface area contributed by atoms with E-state index in [2.05, 4.69) is 31.7 Å². The summed E-state index contributed by atoms with van der Waals surface area (Å²) in [6.45, 7) is 13.5. The van der Waals surface area contributed by atoms with Crippen LogP contribution in [0.2, 0.25) is 0 Å². The van der Waals surface area contributed by atoms with E-state index in [1.54, 1.807) is 29.2 Å². The number of carbonyl (C=O) groups is 1. The Morgan fingerprint density at radius 2 is 1.75 bits per heavy atom. The maximum absolute atomic E-state index is 14.1. The van der Waals surface area contributed by atoms with Crippen molar-refractivity contribution in [3.63, 3.8) is 0 Å². The number of nitrogens with zero attached hydrogens (tertiary/aromatic N) is 4. The van der Waals surface area contributed by atoms with Crippen LogP contribution in [0, 0.1) is 20.8 Å². The van der Waals surface area contributed by atoms with Crippen molar-refractivity contribution >= 4 is 42.6 Å². The molecule has 194 valence electrons. The van der Waals surface area contributed by atoms with E-state index >= 15 is 0 Å². The second kappa shape index (κ2) is 11.0. The Labute approximate surface area is 218 Å². The van der Waals surface area contributed by atoms with Gasteiger partial charge in [0.2, 0.25) is 15.9 Å². The Morgan fingerprint density at radius 1 is 1.06 bits per heavy atom. The van der Waals surface area contributed by atoms with Crippen LogP contribution in [-0.4, -0.2) is 67.3 Å². The normalized spacial score (nSPS) is 16.8. The second-order valence-corrected chi connectivity index (χ2v) is 12.4. The molecule has 0 bridgehead atoms. The molecule has 1 unspecified atom stereocenters. The van der Waals surface area contributed by atoms with Crippen molar-refractivity contribution in [2.45, 2.75) is 58.4 Å². The molecule has 2 heterocycles. The number of aryl methyl sites for hydroxylation is 3. The Hall–Kier alpha value is -2.33. The van der Waals surface area contributed by atoms with E-state index in [0.29, 0.717) is 37.6 Å². The van der Waals surface area contributed by atoms with E-state index in [-0.39, 0.29) is 10.8 Å². The van der Waals surface area contributed by atoms with Gasteiger partial charge in [-0.25, -0.2) is 13.4 Å². The second-order valence-electron chi connectivity index (χ2n) is 9.53. The van der Waals surface area contributed by atoms with Crippen LogP contribution in [0.4, 0.5) is 5.13 Å². The minimum absolute atomic E-state index is 0.191. The van der Waals surface area contributed by atoms with Crippen molar-refractivity contribution in [3.8, 4) is 0 Å². The predicted molar refractivity (Wildman–Crippen MR) is 147 cm³/mol. The first-order chi connectivity index (χ1) is 17.1. The zero-order valence-electron chi connectivity index (χ0n) is 21.8. The van der Waals surface area contributed by atoms with Crippen LogP contribution in [0.1, 0.15) is 43.4 Å². The topological polar surface area (TPSA) is 73.8 Å². The molecule has 1 atom stereocenters. The lowest BCUT2D eigenvalue weighted by Gasteiger charge is -2.30. The molecule has 1 saturated heterocycles. The monoisotopic (exact) mass is 528 g/mol. The lowest BCUT2D eigenvalue weighted by molar-refractivity contribution is -0.121. The van der Waals surface area contributed by atoms with Crippen molar-refractivity contribution in [1.29, 1.82) is 0 Å². The molecule has 3 aromatic rings. The number of likely N-dealkylation sites (N-methyl/N-ethyl adjacent to an activating group) is 1. The van der Waals surface area contributed by atoms with Gasteiger partial charge in [0.25, 0.3) is 0 Å². The van der Waals surface area contributed by atoms with Gasteiger partial charge in [-0.3, -0.25) is 9.69 Å². The third-order valence-electron chi connectivity index (χ3n) is 6.96. The fraction of sp³-hybridized carbons (Fsp3) is 0.481. The number of sulfonamides is 1. The highest BCUT2D eigenvalue weighted by atomic mass is 32.2. The average molecular weight is 529 g/mol. The summed E-state index contributed by atoms with van der Waals surface area (Å²) in [4.78, 5) is 23.1. The predicted octanol–water partition coefficient (Wildman–Crippen LogP) is 4.75. The lowest BCUT2D eigenvalue weighted by atomic mass is 10.1. The summed E-state index contributed by atoms with van der Waals surface area (Å²) >= 11 is 1.51. The van der Waals surface area contributed by atoms with Crippen LogP contribution in [0.15, 0.2) is 41.3 Å². The lowest BCUT2D eigenvalue weighted by Crippen LogP contribution is -2.49. The SMILES string of the molecule is CCN(CC)CCN(C(=O)C1CCCN1S(=O)(=O)c1ccc(C)cc1)c1nc2cc(C)cc(C)c2s1. The van der Waals surface area contributed by atoms with Gasteiger partial charge in [0.15, 0.2) is 5.13 Å². The fourth-order valence-corrected chi connectivity index (χ4v) is 7.56. The summed E-state index contributed by atoms with van der Waals surface area (Å²) < 4.78 is 29.5. The molecule has 0 spiro atoms. The molecule has 1 aliphatic heterocycles. The number of amides is 1. The van der Waals surface area contributed by atoms with Crippen molar-refractivity contribution in [2.24, 2.45) is 0 Å². The van der Waals surface area contributed by atoms with Gasteiger partial charge in [0.05, 0.1) is 15.1 Å². The van der Waals surface area contributed by atoms with Gasteiger partial charge in [-0.05, 0) is 76.0 Å². The molecule has 1 aromatic heterocycles. The molecule has 1 aliphatic rings. The highest BCUT2D eigenvalue weighted by Gasteiger charge is 2.42. The summed E-state index contributed by atoms with van der Waals surface area (Å²) in [6, 6.07) is 10.3. The van der Waals surface area contributed by atoms with Gasteiger partial charge < -0.3 is 4.90 Å². The van der Waals surface area contributed by atoms with Gasteiger partial charge in [-0.2, -0.15) is 4.31 Å². The van der Waals surface area contributed by atoms with E-state index in [1.165, 1.54) is 15.6 Å². The molecular weight excluding hydrogens is 492 g/mol. The Bertz CT molecular complexity index is 1330. The molecule has 0 N–H and O–H groups in total. The van der Waals surface area contributed by atoms with Crippen molar-refractivity contribution in [1.82, 2.24) is 14.2 Å². The van der Waals surface area contributed by atoms with Crippen molar-refractivity contribution in [2.75, 3.05) is 37.6 Å². The quantitative estimate of drug-likeness (QED) is 0.401. The summed E-state index contributed by atoms with van der Waals surface area (Å²) in [7, 11) is -3.78.